The van der Waals surface area contributed by atoms with Crippen LogP contribution < -0.4 is 10.6 Å². The van der Waals surface area contributed by atoms with Crippen molar-refractivity contribution in [2.75, 3.05) is 10.6 Å². The quantitative estimate of drug-likeness (QED) is 0.573. The molecule has 1 aliphatic heterocycles. The topological polar surface area (TPSA) is 24.1 Å². The number of rotatable bonds is 0. The van der Waals surface area contributed by atoms with Crippen molar-refractivity contribution in [3.63, 3.8) is 0 Å². The number of thiophene rings is 1. The van der Waals surface area contributed by atoms with Gasteiger partial charge in [-0.1, -0.05) is 0 Å². The monoisotopic (exact) mass is 138 g/mol. The molecule has 0 fully saturated rings. The number of hydrogen-bond donors (Lipinski definition) is 2. The highest BCUT2D eigenvalue weighted by molar-refractivity contribution is 7.09. The zero-order valence-corrected chi connectivity index (χ0v) is 5.53. The van der Waals surface area contributed by atoms with E-state index in [1.807, 2.05) is 12.4 Å². The fourth-order valence-electron chi connectivity index (χ4n) is 0.784. The van der Waals surface area contributed by atoms with Crippen molar-refractivity contribution < 1.29 is 0 Å². The Morgan fingerprint density at radius 3 is 2.11 bits per heavy atom. The average molecular weight is 138 g/mol. The van der Waals surface area contributed by atoms with Crippen LogP contribution in [0.25, 0.3) is 0 Å². The average Bonchev–Trinajstić information content (AvgIpc) is 2.33. The Balaban J connectivity index is 2.46. The van der Waals surface area contributed by atoms with E-state index < -0.39 is 0 Å². The lowest BCUT2D eigenvalue weighted by molar-refractivity contribution is 1.51. The summed E-state index contributed by atoms with van der Waals surface area (Å²) in [6.45, 7) is 0. The Hall–Kier alpha value is -0.960. The van der Waals surface area contributed by atoms with E-state index in [4.69, 9.17) is 0 Å². The first-order valence-corrected chi connectivity index (χ1v) is 3.65. The standard InChI is InChI=1S/C6H6N2S/c1-2-8-6-4-9-3-5(6)7-1/h1-4,7-8H. The molecule has 1 aliphatic rings. The maximum Gasteiger partial charge on any atom is 0.0728 e. The van der Waals surface area contributed by atoms with E-state index in [0.717, 1.165) is 0 Å². The van der Waals surface area contributed by atoms with Crippen LogP contribution in [0, 0.1) is 0 Å². The lowest BCUT2D eigenvalue weighted by Gasteiger charge is -2.07. The normalized spacial score (nSPS) is 13.8. The van der Waals surface area contributed by atoms with E-state index in [1.54, 1.807) is 11.3 Å². The van der Waals surface area contributed by atoms with Crippen LogP contribution in [0.1, 0.15) is 0 Å². The first-order valence-electron chi connectivity index (χ1n) is 2.71. The second kappa shape index (κ2) is 1.77. The van der Waals surface area contributed by atoms with Gasteiger partial charge in [-0.15, -0.1) is 11.3 Å². The second-order valence-corrected chi connectivity index (χ2v) is 2.56. The summed E-state index contributed by atoms with van der Waals surface area (Å²) in [5.41, 5.74) is 2.34. The van der Waals surface area contributed by atoms with E-state index in [0.29, 0.717) is 0 Å². The van der Waals surface area contributed by atoms with Gasteiger partial charge in [0.25, 0.3) is 0 Å². The van der Waals surface area contributed by atoms with Gasteiger partial charge >= 0.3 is 0 Å². The fourth-order valence-corrected chi connectivity index (χ4v) is 1.51. The summed E-state index contributed by atoms with van der Waals surface area (Å²) < 4.78 is 0. The van der Waals surface area contributed by atoms with Crippen LogP contribution in [0.2, 0.25) is 0 Å². The van der Waals surface area contributed by atoms with E-state index in [9.17, 15) is 0 Å². The van der Waals surface area contributed by atoms with Crippen LogP contribution in [0.4, 0.5) is 11.4 Å². The predicted octanol–water partition coefficient (Wildman–Crippen LogP) is 2.06. The van der Waals surface area contributed by atoms with Crippen molar-refractivity contribution in [2.24, 2.45) is 0 Å². The summed E-state index contributed by atoms with van der Waals surface area (Å²) in [5.74, 6) is 0. The van der Waals surface area contributed by atoms with Crippen molar-refractivity contribution in [2.45, 2.75) is 0 Å². The highest BCUT2D eigenvalue weighted by Crippen LogP contribution is 2.28. The van der Waals surface area contributed by atoms with Crippen LogP contribution in [-0.2, 0) is 0 Å². The molecule has 0 saturated heterocycles. The molecule has 2 rings (SSSR count). The van der Waals surface area contributed by atoms with Crippen LogP contribution in [-0.4, -0.2) is 0 Å². The third-order valence-electron chi connectivity index (χ3n) is 1.22. The van der Waals surface area contributed by atoms with Gasteiger partial charge in [-0.05, 0) is 0 Å². The van der Waals surface area contributed by atoms with Crippen LogP contribution in [0.15, 0.2) is 23.2 Å². The lowest BCUT2D eigenvalue weighted by Crippen LogP contribution is -1.98. The van der Waals surface area contributed by atoms with Crippen LogP contribution >= 0.6 is 11.3 Å². The zero-order valence-electron chi connectivity index (χ0n) is 4.72. The number of nitrogens with one attached hydrogen (secondary N) is 2. The van der Waals surface area contributed by atoms with Crippen molar-refractivity contribution in [3.05, 3.63) is 23.2 Å². The Morgan fingerprint density at radius 2 is 1.56 bits per heavy atom. The summed E-state index contributed by atoms with van der Waals surface area (Å²) in [5, 5.41) is 10.4. The molecule has 0 saturated carbocycles. The molecule has 1 aromatic heterocycles. The number of fused-ring (bicyclic) bond motifs is 1. The van der Waals surface area contributed by atoms with Gasteiger partial charge in [0.1, 0.15) is 0 Å². The maximum absolute atomic E-state index is 3.11. The molecule has 0 unspecified atom stereocenters. The van der Waals surface area contributed by atoms with Gasteiger partial charge in [0.15, 0.2) is 0 Å². The molecule has 9 heavy (non-hydrogen) atoms. The minimum absolute atomic E-state index is 1.17. The molecule has 2 heterocycles. The summed E-state index contributed by atoms with van der Waals surface area (Å²) in [6, 6.07) is 0. The van der Waals surface area contributed by atoms with E-state index in [2.05, 4.69) is 21.4 Å². The third kappa shape index (κ3) is 0.695. The van der Waals surface area contributed by atoms with Crippen molar-refractivity contribution in [1.29, 1.82) is 0 Å². The van der Waals surface area contributed by atoms with Gasteiger partial charge in [-0.25, -0.2) is 0 Å². The van der Waals surface area contributed by atoms with Gasteiger partial charge in [0, 0.05) is 23.2 Å². The third-order valence-corrected chi connectivity index (χ3v) is 1.97. The molecule has 0 spiro atoms. The Kier molecular flexibility index (Phi) is 0.960. The molecule has 0 aliphatic carbocycles. The summed E-state index contributed by atoms with van der Waals surface area (Å²) in [6.07, 6.45) is 3.77. The highest BCUT2D eigenvalue weighted by atomic mass is 32.1. The first-order chi connectivity index (χ1) is 4.47. The fraction of sp³-hybridized carbons (Fsp3) is 0. The molecule has 0 radical (unpaired) electrons. The predicted molar refractivity (Wildman–Crippen MR) is 40.7 cm³/mol. The van der Waals surface area contributed by atoms with Crippen molar-refractivity contribution >= 4 is 22.7 Å². The Labute approximate surface area is 57.2 Å². The number of anilines is 2. The molecule has 1 aromatic rings. The maximum atomic E-state index is 3.11. The van der Waals surface area contributed by atoms with Crippen molar-refractivity contribution in [3.8, 4) is 0 Å². The molecule has 0 amide bonds. The molecule has 0 bridgehead atoms. The lowest BCUT2D eigenvalue weighted by atomic mass is 10.4. The summed E-state index contributed by atoms with van der Waals surface area (Å²) >= 11 is 1.69. The summed E-state index contributed by atoms with van der Waals surface area (Å²) in [4.78, 5) is 0. The molecule has 0 atom stereocenters. The zero-order chi connectivity index (χ0) is 6.10. The minimum Gasteiger partial charge on any atom is -0.358 e. The van der Waals surface area contributed by atoms with Gasteiger partial charge < -0.3 is 10.6 Å². The van der Waals surface area contributed by atoms with E-state index >= 15 is 0 Å². The van der Waals surface area contributed by atoms with Gasteiger partial charge in [-0.3, -0.25) is 0 Å². The summed E-state index contributed by atoms with van der Waals surface area (Å²) in [7, 11) is 0. The Bertz CT molecular complexity index is 216. The second-order valence-electron chi connectivity index (χ2n) is 1.82. The molecule has 0 aromatic carbocycles. The SMILES string of the molecule is C1=CNc2cscc2N1. The smallest absolute Gasteiger partial charge is 0.0728 e. The largest absolute Gasteiger partial charge is 0.358 e. The number of hydrogen-bond acceptors (Lipinski definition) is 3. The van der Waals surface area contributed by atoms with Crippen LogP contribution in [0.3, 0.4) is 0 Å². The Morgan fingerprint density at radius 1 is 1.00 bits per heavy atom. The molecular formula is C6H6N2S. The van der Waals surface area contributed by atoms with E-state index in [-0.39, 0.29) is 0 Å². The molecule has 2 nitrogen and oxygen atoms in total. The molecule has 46 valence electrons. The molecule has 2 N–H and O–H groups in total. The first kappa shape index (κ1) is 4.88. The molecular weight excluding hydrogens is 132 g/mol. The van der Waals surface area contributed by atoms with Crippen molar-refractivity contribution in [1.82, 2.24) is 0 Å². The van der Waals surface area contributed by atoms with E-state index in [1.165, 1.54) is 11.4 Å². The highest BCUT2D eigenvalue weighted by Gasteiger charge is 2.01. The minimum atomic E-state index is 1.17. The van der Waals surface area contributed by atoms with Gasteiger partial charge in [0.05, 0.1) is 11.4 Å². The van der Waals surface area contributed by atoms with Gasteiger partial charge in [0.2, 0.25) is 0 Å². The van der Waals surface area contributed by atoms with Gasteiger partial charge in [-0.2, -0.15) is 0 Å². The van der Waals surface area contributed by atoms with Crippen LogP contribution in [0.5, 0.6) is 0 Å². The molecule has 3 heteroatoms.